The third-order valence-corrected chi connectivity index (χ3v) is 5.97. The first-order chi connectivity index (χ1) is 10.5. The van der Waals surface area contributed by atoms with Crippen molar-refractivity contribution < 1.29 is 14.6 Å². The first-order valence-electron chi connectivity index (χ1n) is 9.17. The first-order valence-corrected chi connectivity index (χ1v) is 9.17. The van der Waals surface area contributed by atoms with Gasteiger partial charge in [0, 0.05) is 24.9 Å². The van der Waals surface area contributed by atoms with E-state index in [1.54, 1.807) is 0 Å². The lowest BCUT2D eigenvalue weighted by Crippen LogP contribution is -2.55. The van der Waals surface area contributed by atoms with Gasteiger partial charge >= 0.3 is 0 Å². The molecule has 6 atom stereocenters. The van der Waals surface area contributed by atoms with Crippen molar-refractivity contribution in [3.05, 3.63) is 0 Å². The first kappa shape index (κ1) is 16.3. The van der Waals surface area contributed by atoms with Gasteiger partial charge in [-0.1, -0.05) is 26.2 Å². The molecule has 1 aliphatic heterocycles. The number of hydrogen-bond acceptors (Lipinski definition) is 3. The Morgan fingerprint density at radius 2 is 1.77 bits per heavy atom. The number of fused-ring (bicyclic) bond motifs is 2. The minimum atomic E-state index is -0.341. The van der Waals surface area contributed by atoms with Crippen LogP contribution < -0.4 is 0 Å². The molecule has 3 fully saturated rings. The maximum Gasteiger partial charge on any atom is 0.251 e. The van der Waals surface area contributed by atoms with Gasteiger partial charge in [0.1, 0.15) is 6.10 Å². The molecule has 1 heterocycles. The van der Waals surface area contributed by atoms with Crippen molar-refractivity contribution in [2.75, 3.05) is 13.1 Å². The van der Waals surface area contributed by atoms with Crippen molar-refractivity contribution in [1.82, 2.24) is 4.90 Å². The van der Waals surface area contributed by atoms with E-state index in [-0.39, 0.29) is 36.1 Å². The summed E-state index contributed by atoms with van der Waals surface area (Å²) in [6.45, 7) is 5.61. The fourth-order valence-electron chi connectivity index (χ4n) is 4.69. The molecule has 1 amide bonds. The van der Waals surface area contributed by atoms with Gasteiger partial charge in [-0.05, 0) is 38.5 Å². The van der Waals surface area contributed by atoms with E-state index in [1.807, 2.05) is 11.8 Å². The Balaban J connectivity index is 1.54. The second-order valence-corrected chi connectivity index (χ2v) is 7.86. The smallest absolute Gasteiger partial charge is 0.251 e. The molecule has 0 aromatic carbocycles. The van der Waals surface area contributed by atoms with E-state index >= 15 is 0 Å². The molecule has 3 aliphatic rings. The van der Waals surface area contributed by atoms with Crippen LogP contribution in [0.15, 0.2) is 0 Å². The van der Waals surface area contributed by atoms with E-state index in [0.717, 1.165) is 25.7 Å². The number of ether oxygens (including phenoxy) is 1. The van der Waals surface area contributed by atoms with Crippen molar-refractivity contribution in [3.8, 4) is 0 Å². The number of amides is 1. The number of rotatable bonds is 3. The highest BCUT2D eigenvalue weighted by Crippen LogP contribution is 2.35. The molecule has 126 valence electrons. The van der Waals surface area contributed by atoms with Crippen LogP contribution >= 0.6 is 0 Å². The van der Waals surface area contributed by atoms with Crippen LogP contribution in [0.3, 0.4) is 0 Å². The third-order valence-electron chi connectivity index (χ3n) is 5.97. The Bertz CT molecular complexity index is 386. The molecule has 1 N–H and O–H groups in total. The highest BCUT2D eigenvalue weighted by Gasteiger charge is 2.41. The van der Waals surface area contributed by atoms with E-state index in [2.05, 4.69) is 6.92 Å². The molecule has 4 heteroatoms. The van der Waals surface area contributed by atoms with Crippen LogP contribution in [0, 0.1) is 17.8 Å². The Morgan fingerprint density at radius 1 is 1.14 bits per heavy atom. The second kappa shape index (κ2) is 6.88. The van der Waals surface area contributed by atoms with Crippen molar-refractivity contribution >= 4 is 5.91 Å². The number of aliphatic hydroxyl groups excluding tert-OH is 1. The fraction of sp³-hybridized carbons (Fsp3) is 0.944. The summed E-state index contributed by atoms with van der Waals surface area (Å²) < 4.78 is 6.07. The van der Waals surface area contributed by atoms with Gasteiger partial charge in [0.05, 0.1) is 12.2 Å². The van der Waals surface area contributed by atoms with E-state index in [9.17, 15) is 9.90 Å². The molecule has 4 nitrogen and oxygen atoms in total. The minimum absolute atomic E-state index is 0.127. The third kappa shape index (κ3) is 3.48. The summed E-state index contributed by atoms with van der Waals surface area (Å²) >= 11 is 0. The second-order valence-electron chi connectivity index (χ2n) is 7.86. The molecule has 22 heavy (non-hydrogen) atoms. The molecular formula is C18H31NO3. The van der Waals surface area contributed by atoms with Crippen LogP contribution in [0.25, 0.3) is 0 Å². The zero-order chi connectivity index (χ0) is 15.7. The van der Waals surface area contributed by atoms with Gasteiger partial charge in [0.15, 0.2) is 0 Å². The predicted octanol–water partition coefficient (Wildman–Crippen LogP) is 2.59. The van der Waals surface area contributed by atoms with Crippen LogP contribution in [0.2, 0.25) is 0 Å². The molecule has 2 bridgehead atoms. The molecular weight excluding hydrogens is 278 g/mol. The lowest BCUT2D eigenvalue weighted by atomic mass is 9.75. The topological polar surface area (TPSA) is 49.8 Å². The molecule has 2 saturated carbocycles. The fourth-order valence-corrected chi connectivity index (χ4v) is 4.69. The quantitative estimate of drug-likeness (QED) is 0.872. The summed E-state index contributed by atoms with van der Waals surface area (Å²) in [7, 11) is 0. The zero-order valence-electron chi connectivity index (χ0n) is 14.0. The van der Waals surface area contributed by atoms with Crippen LogP contribution in [0.5, 0.6) is 0 Å². The van der Waals surface area contributed by atoms with Crippen molar-refractivity contribution in [2.24, 2.45) is 17.8 Å². The number of carbonyl (C=O) groups excluding carboxylic acids is 1. The van der Waals surface area contributed by atoms with E-state index in [1.165, 1.54) is 19.3 Å². The summed E-state index contributed by atoms with van der Waals surface area (Å²) in [6, 6.07) is 0. The van der Waals surface area contributed by atoms with Crippen molar-refractivity contribution in [1.29, 1.82) is 0 Å². The van der Waals surface area contributed by atoms with Gasteiger partial charge in [0.25, 0.3) is 5.91 Å². The monoisotopic (exact) mass is 309 g/mol. The Kier molecular flexibility index (Phi) is 5.08. The SMILES string of the molecule is C[C@@H]1CCC[C@@H](O[C@H](C)C(=O)N2C[C@H]3CCC[C@@H](C2)C3O)C1. The molecule has 0 radical (unpaired) electrons. The highest BCUT2D eigenvalue weighted by atomic mass is 16.5. The van der Waals surface area contributed by atoms with E-state index in [4.69, 9.17) is 4.74 Å². The number of nitrogens with zero attached hydrogens (tertiary/aromatic N) is 1. The summed E-state index contributed by atoms with van der Waals surface area (Å²) in [5.74, 6) is 1.39. The molecule has 0 aromatic heterocycles. The largest absolute Gasteiger partial charge is 0.392 e. The van der Waals surface area contributed by atoms with Gasteiger partial charge in [0.2, 0.25) is 0 Å². The van der Waals surface area contributed by atoms with Gasteiger partial charge in [-0.2, -0.15) is 0 Å². The van der Waals surface area contributed by atoms with Crippen LogP contribution in [0.1, 0.15) is 58.8 Å². The van der Waals surface area contributed by atoms with Gasteiger partial charge < -0.3 is 14.7 Å². The molecule has 1 unspecified atom stereocenters. The van der Waals surface area contributed by atoms with E-state index in [0.29, 0.717) is 19.0 Å². The zero-order valence-corrected chi connectivity index (χ0v) is 14.0. The lowest BCUT2D eigenvalue weighted by Gasteiger charge is -2.45. The number of carbonyl (C=O) groups is 1. The summed E-state index contributed by atoms with van der Waals surface area (Å²) in [5.41, 5.74) is 0. The van der Waals surface area contributed by atoms with Gasteiger partial charge in [-0.25, -0.2) is 0 Å². The molecule has 0 aromatic rings. The van der Waals surface area contributed by atoms with Crippen LogP contribution in [0.4, 0.5) is 0 Å². The molecule has 1 saturated heterocycles. The summed E-state index contributed by atoms with van der Waals surface area (Å²) in [4.78, 5) is 14.7. The molecule has 2 aliphatic carbocycles. The summed E-state index contributed by atoms with van der Waals surface area (Å²) in [6.07, 6.45) is 7.68. The maximum absolute atomic E-state index is 12.7. The van der Waals surface area contributed by atoms with Crippen LogP contribution in [-0.4, -0.2) is 47.3 Å². The standard InChI is InChI=1S/C18H31NO3/c1-12-5-3-8-16(9-12)22-13(2)18(21)19-10-14-6-4-7-15(11-19)17(14)20/h12-17,20H,3-11H2,1-2H3/t12-,13-,14-,15+,16-,17?/m1/s1. The van der Waals surface area contributed by atoms with Gasteiger partial charge in [-0.15, -0.1) is 0 Å². The van der Waals surface area contributed by atoms with Crippen molar-refractivity contribution in [2.45, 2.75) is 77.1 Å². The molecule has 3 rings (SSSR count). The Labute approximate surface area is 134 Å². The Hall–Kier alpha value is -0.610. The maximum atomic E-state index is 12.7. The van der Waals surface area contributed by atoms with Gasteiger partial charge in [-0.3, -0.25) is 4.79 Å². The average molecular weight is 309 g/mol. The normalized spacial score (nSPS) is 40.3. The lowest BCUT2D eigenvalue weighted by molar-refractivity contribution is -0.155. The van der Waals surface area contributed by atoms with Crippen molar-refractivity contribution in [3.63, 3.8) is 0 Å². The van der Waals surface area contributed by atoms with Crippen LogP contribution in [-0.2, 0) is 9.53 Å². The number of hydrogen-bond donors (Lipinski definition) is 1. The Morgan fingerprint density at radius 3 is 2.41 bits per heavy atom. The number of likely N-dealkylation sites (tertiary alicyclic amines) is 1. The summed E-state index contributed by atoms with van der Waals surface area (Å²) in [5, 5.41) is 10.2. The average Bonchev–Trinajstić information content (AvgIpc) is 2.46. The molecule has 0 spiro atoms. The predicted molar refractivity (Wildman–Crippen MR) is 85.4 cm³/mol. The number of aliphatic hydroxyl groups is 1. The minimum Gasteiger partial charge on any atom is -0.392 e. The number of piperidine rings is 1. The highest BCUT2D eigenvalue weighted by molar-refractivity contribution is 5.80. The van der Waals surface area contributed by atoms with E-state index < -0.39 is 0 Å².